The standard InChI is InChI=1S/C18H23NO3/c1-14-4-2-9-19(13-14)18(20)8-6-15-5-7-16-17(12-15)22-11-3-10-21-16/h5-8,12,14H,2-4,9-11,13H2,1H3/b8-6+/t14-/m0/s1. The van der Waals surface area contributed by atoms with Gasteiger partial charge in [-0.25, -0.2) is 0 Å². The van der Waals surface area contributed by atoms with Crippen LogP contribution in [-0.4, -0.2) is 37.1 Å². The Morgan fingerprint density at radius 2 is 2.05 bits per heavy atom. The zero-order chi connectivity index (χ0) is 15.4. The molecule has 4 nitrogen and oxygen atoms in total. The maximum atomic E-state index is 12.2. The average Bonchev–Trinajstić information content (AvgIpc) is 2.77. The van der Waals surface area contributed by atoms with Crippen LogP contribution in [0.15, 0.2) is 24.3 Å². The van der Waals surface area contributed by atoms with E-state index in [0.29, 0.717) is 19.1 Å². The first kappa shape index (κ1) is 14.9. The van der Waals surface area contributed by atoms with Crippen molar-refractivity contribution >= 4 is 12.0 Å². The van der Waals surface area contributed by atoms with Crippen LogP contribution in [0.25, 0.3) is 6.08 Å². The third-order valence-electron chi connectivity index (χ3n) is 4.16. The highest BCUT2D eigenvalue weighted by atomic mass is 16.5. The third kappa shape index (κ3) is 3.62. The molecule has 0 saturated carbocycles. The summed E-state index contributed by atoms with van der Waals surface area (Å²) in [6.07, 6.45) is 6.74. The van der Waals surface area contributed by atoms with Crippen molar-refractivity contribution in [1.82, 2.24) is 4.90 Å². The lowest BCUT2D eigenvalue weighted by Gasteiger charge is -2.30. The summed E-state index contributed by atoms with van der Waals surface area (Å²) in [6, 6.07) is 5.80. The third-order valence-corrected chi connectivity index (χ3v) is 4.16. The van der Waals surface area contributed by atoms with Crippen LogP contribution in [0.3, 0.4) is 0 Å². The Hall–Kier alpha value is -1.97. The second-order valence-electron chi connectivity index (χ2n) is 6.12. The highest BCUT2D eigenvalue weighted by Gasteiger charge is 2.19. The van der Waals surface area contributed by atoms with Gasteiger partial charge in [-0.05, 0) is 42.5 Å². The Balaban J connectivity index is 1.67. The molecule has 2 aliphatic heterocycles. The van der Waals surface area contributed by atoms with E-state index in [1.165, 1.54) is 6.42 Å². The molecule has 0 unspecified atom stereocenters. The number of hydrogen-bond donors (Lipinski definition) is 0. The summed E-state index contributed by atoms with van der Waals surface area (Å²) in [5.74, 6) is 2.24. The van der Waals surface area contributed by atoms with E-state index < -0.39 is 0 Å². The van der Waals surface area contributed by atoms with E-state index in [1.807, 2.05) is 29.2 Å². The number of hydrogen-bond acceptors (Lipinski definition) is 3. The molecule has 118 valence electrons. The number of ether oxygens (including phenoxy) is 2. The van der Waals surface area contributed by atoms with Gasteiger partial charge in [0.25, 0.3) is 0 Å². The number of piperidine rings is 1. The van der Waals surface area contributed by atoms with Crippen LogP contribution in [0.1, 0.15) is 31.7 Å². The predicted octanol–water partition coefficient (Wildman–Crippen LogP) is 3.12. The van der Waals surface area contributed by atoms with Crippen LogP contribution < -0.4 is 9.47 Å². The molecule has 0 bridgehead atoms. The molecule has 0 N–H and O–H groups in total. The molecule has 1 saturated heterocycles. The molecule has 1 amide bonds. The fourth-order valence-electron chi connectivity index (χ4n) is 2.95. The zero-order valence-corrected chi connectivity index (χ0v) is 13.1. The van der Waals surface area contributed by atoms with Crippen molar-refractivity contribution in [2.24, 2.45) is 5.92 Å². The molecule has 1 aromatic carbocycles. The Morgan fingerprint density at radius 1 is 1.23 bits per heavy atom. The highest BCUT2D eigenvalue weighted by molar-refractivity contribution is 5.91. The van der Waals surface area contributed by atoms with Gasteiger partial charge in [-0.3, -0.25) is 4.79 Å². The lowest BCUT2D eigenvalue weighted by molar-refractivity contribution is -0.127. The van der Waals surface area contributed by atoms with Crippen molar-refractivity contribution in [2.75, 3.05) is 26.3 Å². The quantitative estimate of drug-likeness (QED) is 0.788. The number of benzene rings is 1. The Bertz CT molecular complexity index is 567. The molecule has 0 aromatic heterocycles. The molecule has 1 fully saturated rings. The molecule has 1 atom stereocenters. The van der Waals surface area contributed by atoms with Crippen LogP contribution in [0, 0.1) is 5.92 Å². The van der Waals surface area contributed by atoms with Crippen molar-refractivity contribution in [3.8, 4) is 11.5 Å². The van der Waals surface area contributed by atoms with Crippen molar-refractivity contribution < 1.29 is 14.3 Å². The summed E-state index contributed by atoms with van der Waals surface area (Å²) >= 11 is 0. The number of likely N-dealkylation sites (tertiary alicyclic amines) is 1. The van der Waals surface area contributed by atoms with Crippen molar-refractivity contribution in [3.05, 3.63) is 29.8 Å². The lowest BCUT2D eigenvalue weighted by Crippen LogP contribution is -2.38. The van der Waals surface area contributed by atoms with Gasteiger partial charge in [-0.1, -0.05) is 13.0 Å². The van der Waals surface area contributed by atoms with Gasteiger partial charge >= 0.3 is 0 Å². The monoisotopic (exact) mass is 301 g/mol. The van der Waals surface area contributed by atoms with E-state index >= 15 is 0 Å². The van der Waals surface area contributed by atoms with E-state index in [4.69, 9.17) is 9.47 Å². The summed E-state index contributed by atoms with van der Waals surface area (Å²) in [4.78, 5) is 14.2. The Morgan fingerprint density at radius 3 is 2.86 bits per heavy atom. The number of carbonyl (C=O) groups excluding carboxylic acids is 1. The second kappa shape index (κ2) is 6.86. The molecule has 0 spiro atoms. The SMILES string of the molecule is C[C@H]1CCCN(C(=O)/C=C/c2ccc3c(c2)OCCCO3)C1. The summed E-state index contributed by atoms with van der Waals surface area (Å²) in [5, 5.41) is 0. The van der Waals surface area contributed by atoms with Gasteiger partial charge in [0, 0.05) is 25.6 Å². The van der Waals surface area contributed by atoms with E-state index in [0.717, 1.165) is 43.0 Å². The molecule has 0 radical (unpaired) electrons. The van der Waals surface area contributed by atoms with Crippen LogP contribution in [0.4, 0.5) is 0 Å². The predicted molar refractivity (Wildman–Crippen MR) is 86.1 cm³/mol. The normalized spacial score (nSPS) is 21.7. The van der Waals surface area contributed by atoms with E-state index in [1.54, 1.807) is 6.08 Å². The fourth-order valence-corrected chi connectivity index (χ4v) is 2.95. The molecule has 3 rings (SSSR count). The van der Waals surface area contributed by atoms with Gasteiger partial charge < -0.3 is 14.4 Å². The van der Waals surface area contributed by atoms with Crippen molar-refractivity contribution in [2.45, 2.75) is 26.2 Å². The smallest absolute Gasteiger partial charge is 0.246 e. The minimum atomic E-state index is 0.0960. The number of fused-ring (bicyclic) bond motifs is 1. The van der Waals surface area contributed by atoms with Crippen molar-refractivity contribution in [1.29, 1.82) is 0 Å². The van der Waals surface area contributed by atoms with E-state index in [2.05, 4.69) is 6.92 Å². The summed E-state index contributed by atoms with van der Waals surface area (Å²) in [7, 11) is 0. The van der Waals surface area contributed by atoms with Crippen LogP contribution >= 0.6 is 0 Å². The van der Waals surface area contributed by atoms with Gasteiger partial charge in [0.05, 0.1) is 13.2 Å². The number of amides is 1. The minimum absolute atomic E-state index is 0.0960. The lowest BCUT2D eigenvalue weighted by atomic mass is 10.0. The molecule has 1 aromatic rings. The van der Waals surface area contributed by atoms with E-state index in [-0.39, 0.29) is 5.91 Å². The summed E-state index contributed by atoms with van der Waals surface area (Å²) < 4.78 is 11.3. The first-order valence-corrected chi connectivity index (χ1v) is 8.09. The van der Waals surface area contributed by atoms with Crippen LogP contribution in [0.5, 0.6) is 11.5 Å². The Labute approximate surface area is 131 Å². The maximum absolute atomic E-state index is 12.2. The average molecular weight is 301 g/mol. The minimum Gasteiger partial charge on any atom is -0.490 e. The largest absolute Gasteiger partial charge is 0.490 e. The molecular formula is C18H23NO3. The summed E-state index contributed by atoms with van der Waals surface area (Å²) in [5.41, 5.74) is 0.961. The van der Waals surface area contributed by atoms with Gasteiger partial charge in [0.15, 0.2) is 11.5 Å². The molecule has 4 heteroatoms. The van der Waals surface area contributed by atoms with Gasteiger partial charge in [-0.15, -0.1) is 0 Å². The first-order chi connectivity index (χ1) is 10.7. The van der Waals surface area contributed by atoms with Gasteiger partial charge in [-0.2, -0.15) is 0 Å². The fraction of sp³-hybridized carbons (Fsp3) is 0.500. The molecule has 2 heterocycles. The molecule has 22 heavy (non-hydrogen) atoms. The molecular weight excluding hydrogens is 278 g/mol. The molecule has 2 aliphatic rings. The van der Waals surface area contributed by atoms with Gasteiger partial charge in [0.2, 0.25) is 5.91 Å². The highest BCUT2D eigenvalue weighted by Crippen LogP contribution is 2.30. The maximum Gasteiger partial charge on any atom is 0.246 e. The zero-order valence-electron chi connectivity index (χ0n) is 13.1. The van der Waals surface area contributed by atoms with Crippen LogP contribution in [0.2, 0.25) is 0 Å². The van der Waals surface area contributed by atoms with E-state index in [9.17, 15) is 4.79 Å². The number of nitrogens with zero attached hydrogens (tertiary/aromatic N) is 1. The summed E-state index contributed by atoms with van der Waals surface area (Å²) in [6.45, 7) is 5.30. The van der Waals surface area contributed by atoms with Gasteiger partial charge in [0.1, 0.15) is 0 Å². The second-order valence-corrected chi connectivity index (χ2v) is 6.12. The number of carbonyl (C=O) groups is 1. The number of rotatable bonds is 2. The van der Waals surface area contributed by atoms with Crippen LogP contribution in [-0.2, 0) is 4.79 Å². The Kier molecular flexibility index (Phi) is 4.66. The topological polar surface area (TPSA) is 38.8 Å². The van der Waals surface area contributed by atoms with Crippen molar-refractivity contribution in [3.63, 3.8) is 0 Å². The first-order valence-electron chi connectivity index (χ1n) is 8.09. The molecule has 0 aliphatic carbocycles.